The fourth-order valence-corrected chi connectivity index (χ4v) is 2.09. The van der Waals surface area contributed by atoms with Crippen molar-refractivity contribution in [2.24, 2.45) is 11.3 Å². The van der Waals surface area contributed by atoms with Gasteiger partial charge in [-0.15, -0.1) is 0 Å². The molecule has 0 N–H and O–H groups in total. The summed E-state index contributed by atoms with van der Waals surface area (Å²) in [5.74, 6) is -1.41. The maximum absolute atomic E-state index is 11.6. The van der Waals surface area contributed by atoms with Crippen LogP contribution >= 0.6 is 0 Å². The molecule has 0 aromatic rings. The van der Waals surface area contributed by atoms with Crippen molar-refractivity contribution in [2.75, 3.05) is 0 Å². The van der Waals surface area contributed by atoms with Crippen LogP contribution in [-0.2, 0) is 19.1 Å². The number of hydrogen-bond acceptors (Lipinski definition) is 4. The van der Waals surface area contributed by atoms with Crippen LogP contribution in [0.4, 0.5) is 0 Å². The zero-order valence-electron chi connectivity index (χ0n) is 7.99. The number of rotatable bonds is 0. The molecule has 74 valence electrons. The van der Waals surface area contributed by atoms with Gasteiger partial charge in [-0.1, -0.05) is 6.92 Å². The first-order chi connectivity index (χ1) is 6.49. The van der Waals surface area contributed by atoms with Crippen LogP contribution in [0.2, 0.25) is 0 Å². The fraction of sp³-hybridized carbons (Fsp3) is 0.500. The van der Waals surface area contributed by atoms with Crippen molar-refractivity contribution in [3.63, 3.8) is 0 Å². The number of carbonyl (C=O) groups excluding carboxylic acids is 3. The van der Waals surface area contributed by atoms with Crippen LogP contribution in [-0.4, -0.2) is 17.5 Å². The van der Waals surface area contributed by atoms with Crippen LogP contribution in [0.3, 0.4) is 0 Å². The minimum Gasteiger partial charge on any atom is -0.430 e. The second kappa shape index (κ2) is 2.53. The largest absolute Gasteiger partial charge is 0.430 e. The first-order valence-corrected chi connectivity index (χ1v) is 4.48. The summed E-state index contributed by atoms with van der Waals surface area (Å²) in [5.41, 5.74) is -1.50. The molecule has 2 aliphatic rings. The molecule has 0 aromatic carbocycles. The van der Waals surface area contributed by atoms with Gasteiger partial charge in [-0.05, 0) is 12.8 Å². The van der Waals surface area contributed by atoms with Gasteiger partial charge in [0, 0.05) is 12.5 Å². The molecule has 0 radical (unpaired) electrons. The summed E-state index contributed by atoms with van der Waals surface area (Å²) in [6.45, 7) is 3.24. The SMILES string of the molecule is CC1=CC(=O)C2(C(=O)CC2C)C(=O)O1. The van der Waals surface area contributed by atoms with Crippen molar-refractivity contribution in [2.45, 2.75) is 20.3 Å². The molecule has 2 atom stereocenters. The highest BCUT2D eigenvalue weighted by molar-refractivity contribution is 6.30. The summed E-state index contributed by atoms with van der Waals surface area (Å²) in [5, 5.41) is 0. The Morgan fingerprint density at radius 1 is 1.43 bits per heavy atom. The maximum Gasteiger partial charge on any atom is 0.333 e. The van der Waals surface area contributed by atoms with Gasteiger partial charge in [0.05, 0.1) is 0 Å². The topological polar surface area (TPSA) is 60.4 Å². The zero-order chi connectivity index (χ0) is 10.5. The number of hydrogen-bond donors (Lipinski definition) is 0. The lowest BCUT2D eigenvalue weighted by Crippen LogP contribution is -2.60. The smallest absolute Gasteiger partial charge is 0.333 e. The minimum atomic E-state index is -1.50. The highest BCUT2D eigenvalue weighted by Crippen LogP contribution is 2.47. The van der Waals surface area contributed by atoms with E-state index in [1.54, 1.807) is 6.92 Å². The Bertz CT molecular complexity index is 380. The predicted molar refractivity (Wildman–Crippen MR) is 46.1 cm³/mol. The molecule has 1 fully saturated rings. The summed E-state index contributed by atoms with van der Waals surface area (Å²) in [4.78, 5) is 34.6. The van der Waals surface area contributed by atoms with E-state index in [2.05, 4.69) is 0 Å². The lowest BCUT2D eigenvalue weighted by molar-refractivity contribution is -0.174. The Kier molecular flexibility index (Phi) is 1.65. The van der Waals surface area contributed by atoms with Gasteiger partial charge >= 0.3 is 5.97 Å². The van der Waals surface area contributed by atoms with E-state index in [-0.39, 0.29) is 23.9 Å². The first kappa shape index (κ1) is 9.12. The average molecular weight is 194 g/mol. The number of ketones is 2. The molecule has 4 heteroatoms. The van der Waals surface area contributed by atoms with Gasteiger partial charge < -0.3 is 4.74 Å². The molecule has 1 aliphatic heterocycles. The molecular formula is C10H10O4. The van der Waals surface area contributed by atoms with E-state index in [4.69, 9.17) is 4.74 Å². The summed E-state index contributed by atoms with van der Waals surface area (Å²) < 4.78 is 4.84. The van der Waals surface area contributed by atoms with Crippen molar-refractivity contribution in [1.29, 1.82) is 0 Å². The molecule has 2 rings (SSSR count). The zero-order valence-corrected chi connectivity index (χ0v) is 7.99. The number of ether oxygens (including phenoxy) is 1. The third-order valence-electron chi connectivity index (χ3n) is 2.97. The lowest BCUT2D eigenvalue weighted by atomic mass is 9.57. The number of Topliss-reactive ketones (excluding diaryl/α,β-unsaturated/α-hetero) is 1. The molecule has 0 aromatic heterocycles. The third-order valence-corrected chi connectivity index (χ3v) is 2.97. The molecule has 0 bridgehead atoms. The van der Waals surface area contributed by atoms with Crippen LogP contribution in [0, 0.1) is 11.3 Å². The maximum atomic E-state index is 11.6. The standard InChI is InChI=1S/C10H10O4/c1-5-3-7(11)10(5)8(12)4-6(2)14-9(10)13/h4-5H,3H2,1-2H3. The normalized spacial score (nSPS) is 36.6. The Labute approximate surface area is 80.9 Å². The van der Waals surface area contributed by atoms with E-state index < -0.39 is 17.2 Å². The minimum absolute atomic E-state index is 0.237. The Morgan fingerprint density at radius 2 is 2.07 bits per heavy atom. The summed E-state index contributed by atoms with van der Waals surface area (Å²) in [7, 11) is 0. The van der Waals surface area contributed by atoms with Gasteiger partial charge in [0.15, 0.2) is 17.0 Å². The monoisotopic (exact) mass is 194 g/mol. The Hall–Kier alpha value is -1.45. The van der Waals surface area contributed by atoms with E-state index in [1.165, 1.54) is 13.0 Å². The quantitative estimate of drug-likeness (QED) is 0.418. The molecule has 0 amide bonds. The van der Waals surface area contributed by atoms with Gasteiger partial charge in [0.1, 0.15) is 5.76 Å². The lowest BCUT2D eigenvalue weighted by Gasteiger charge is -2.43. The van der Waals surface area contributed by atoms with Crippen LogP contribution in [0.15, 0.2) is 11.8 Å². The average Bonchev–Trinajstić information content (AvgIpc) is 2.01. The van der Waals surface area contributed by atoms with Crippen molar-refractivity contribution < 1.29 is 19.1 Å². The summed E-state index contributed by atoms with van der Waals surface area (Å²) >= 11 is 0. The van der Waals surface area contributed by atoms with Gasteiger partial charge in [-0.2, -0.15) is 0 Å². The van der Waals surface area contributed by atoms with Gasteiger partial charge in [0.25, 0.3) is 0 Å². The van der Waals surface area contributed by atoms with E-state index in [1.807, 2.05) is 0 Å². The van der Waals surface area contributed by atoms with Gasteiger partial charge in [-0.3, -0.25) is 14.4 Å². The molecule has 4 nitrogen and oxygen atoms in total. The summed E-state index contributed by atoms with van der Waals surface area (Å²) in [6.07, 6.45) is 1.52. The van der Waals surface area contributed by atoms with Gasteiger partial charge in [0.2, 0.25) is 0 Å². The number of cyclic esters (lactones) is 1. The van der Waals surface area contributed by atoms with Crippen LogP contribution < -0.4 is 0 Å². The fourth-order valence-electron chi connectivity index (χ4n) is 2.09. The number of esters is 1. The molecule has 1 aliphatic carbocycles. The van der Waals surface area contributed by atoms with Crippen LogP contribution in [0.1, 0.15) is 20.3 Å². The van der Waals surface area contributed by atoms with Crippen molar-refractivity contribution >= 4 is 17.5 Å². The Morgan fingerprint density at radius 3 is 2.50 bits per heavy atom. The molecule has 2 unspecified atom stereocenters. The van der Waals surface area contributed by atoms with E-state index in [0.717, 1.165) is 0 Å². The van der Waals surface area contributed by atoms with Crippen LogP contribution in [0.25, 0.3) is 0 Å². The van der Waals surface area contributed by atoms with Crippen LogP contribution in [0.5, 0.6) is 0 Å². The van der Waals surface area contributed by atoms with E-state index >= 15 is 0 Å². The number of carbonyl (C=O) groups is 3. The second-order valence-corrected chi connectivity index (χ2v) is 3.85. The van der Waals surface area contributed by atoms with Crippen molar-refractivity contribution in [3.05, 3.63) is 11.8 Å². The van der Waals surface area contributed by atoms with E-state index in [9.17, 15) is 14.4 Å². The molecule has 14 heavy (non-hydrogen) atoms. The second-order valence-electron chi connectivity index (χ2n) is 3.85. The van der Waals surface area contributed by atoms with Crippen molar-refractivity contribution in [1.82, 2.24) is 0 Å². The van der Waals surface area contributed by atoms with Gasteiger partial charge in [-0.25, -0.2) is 0 Å². The molecule has 1 spiro atoms. The summed E-state index contributed by atoms with van der Waals surface area (Å²) in [6, 6.07) is 0. The predicted octanol–water partition coefficient (Wildman–Crippen LogP) is 0.611. The third kappa shape index (κ3) is 0.806. The highest BCUT2D eigenvalue weighted by Gasteiger charge is 2.65. The number of allylic oxidation sites excluding steroid dienone is 2. The molecular weight excluding hydrogens is 184 g/mol. The highest BCUT2D eigenvalue weighted by atomic mass is 16.5. The van der Waals surface area contributed by atoms with E-state index in [0.29, 0.717) is 0 Å². The molecule has 0 saturated heterocycles. The first-order valence-electron chi connectivity index (χ1n) is 4.48. The molecule has 1 saturated carbocycles. The Balaban J connectivity index is 2.50. The molecule has 1 heterocycles. The van der Waals surface area contributed by atoms with Crippen molar-refractivity contribution in [3.8, 4) is 0 Å².